The highest BCUT2D eigenvalue weighted by Gasteiger charge is 2.18. The molecule has 0 spiro atoms. The summed E-state index contributed by atoms with van der Waals surface area (Å²) in [5.74, 6) is -1.15. The average Bonchev–Trinajstić information content (AvgIpc) is 2.60. The van der Waals surface area contributed by atoms with E-state index in [9.17, 15) is 4.79 Å². The first kappa shape index (κ1) is 10.3. The second-order valence-electron chi connectivity index (χ2n) is 3.09. The van der Waals surface area contributed by atoms with Gasteiger partial charge in [-0.3, -0.25) is 0 Å². The Labute approximate surface area is 90.7 Å². The molecule has 0 bridgehead atoms. The lowest BCUT2D eigenvalue weighted by molar-refractivity contribution is 0.0685. The molecule has 2 aromatic rings. The van der Waals surface area contributed by atoms with Crippen LogP contribution >= 0.6 is 0 Å². The molecule has 0 amide bonds. The lowest BCUT2D eigenvalue weighted by Crippen LogP contribution is -2.08. The van der Waals surface area contributed by atoms with Crippen LogP contribution in [0.5, 0.6) is 5.88 Å². The van der Waals surface area contributed by atoms with Gasteiger partial charge in [0, 0.05) is 7.05 Å². The van der Waals surface area contributed by atoms with E-state index in [0.29, 0.717) is 17.8 Å². The van der Waals surface area contributed by atoms with Gasteiger partial charge in [0.15, 0.2) is 5.65 Å². The number of ether oxygens (including phenoxy) is 1. The van der Waals surface area contributed by atoms with Gasteiger partial charge in [-0.1, -0.05) is 0 Å². The standard InChI is InChI=1S/C9H10N4O3/c1-3-16-8-6(9(14)15)11-5-4-10-13(2)7(5)12-8/h4H,3H2,1-2H3,(H,14,15). The van der Waals surface area contributed by atoms with Gasteiger partial charge in [0.05, 0.1) is 12.8 Å². The van der Waals surface area contributed by atoms with E-state index in [1.165, 1.54) is 10.9 Å². The zero-order valence-corrected chi connectivity index (χ0v) is 8.84. The fraction of sp³-hybridized carbons (Fsp3) is 0.333. The van der Waals surface area contributed by atoms with E-state index < -0.39 is 5.97 Å². The lowest BCUT2D eigenvalue weighted by atomic mass is 10.4. The van der Waals surface area contributed by atoms with E-state index >= 15 is 0 Å². The molecule has 0 aliphatic heterocycles. The van der Waals surface area contributed by atoms with Crippen LogP contribution in [0, 0.1) is 0 Å². The van der Waals surface area contributed by atoms with Gasteiger partial charge in [0.25, 0.3) is 0 Å². The maximum absolute atomic E-state index is 10.9. The number of aromatic carboxylic acids is 1. The molecule has 0 aliphatic rings. The minimum Gasteiger partial charge on any atom is -0.476 e. The van der Waals surface area contributed by atoms with Crippen molar-refractivity contribution in [2.24, 2.45) is 7.05 Å². The third kappa shape index (κ3) is 1.56. The van der Waals surface area contributed by atoms with Crippen LogP contribution in [-0.4, -0.2) is 37.4 Å². The highest BCUT2D eigenvalue weighted by molar-refractivity contribution is 5.90. The van der Waals surface area contributed by atoms with Crippen molar-refractivity contribution in [1.29, 1.82) is 0 Å². The molecule has 84 valence electrons. The molecular formula is C9H10N4O3. The van der Waals surface area contributed by atoms with Gasteiger partial charge >= 0.3 is 5.97 Å². The molecule has 16 heavy (non-hydrogen) atoms. The van der Waals surface area contributed by atoms with Crippen LogP contribution in [0.15, 0.2) is 6.20 Å². The summed E-state index contributed by atoms with van der Waals surface area (Å²) in [7, 11) is 1.70. The Hall–Kier alpha value is -2.18. The number of nitrogens with zero attached hydrogens (tertiary/aromatic N) is 4. The second kappa shape index (κ2) is 3.76. The van der Waals surface area contributed by atoms with Gasteiger partial charge in [-0.15, -0.1) is 0 Å². The lowest BCUT2D eigenvalue weighted by Gasteiger charge is -2.05. The number of hydrogen-bond acceptors (Lipinski definition) is 5. The Bertz CT molecular complexity index is 549. The van der Waals surface area contributed by atoms with E-state index in [1.807, 2.05) is 0 Å². The van der Waals surface area contributed by atoms with E-state index in [0.717, 1.165) is 0 Å². The minimum atomic E-state index is -1.17. The molecule has 2 aromatic heterocycles. The van der Waals surface area contributed by atoms with E-state index in [2.05, 4.69) is 15.1 Å². The molecule has 1 N–H and O–H groups in total. The summed E-state index contributed by atoms with van der Waals surface area (Å²) in [6, 6.07) is 0. The Morgan fingerprint density at radius 2 is 2.31 bits per heavy atom. The summed E-state index contributed by atoms with van der Waals surface area (Å²) >= 11 is 0. The summed E-state index contributed by atoms with van der Waals surface area (Å²) in [5, 5.41) is 12.9. The zero-order valence-electron chi connectivity index (χ0n) is 8.84. The number of rotatable bonds is 3. The largest absolute Gasteiger partial charge is 0.476 e. The number of carboxylic acid groups (broad SMARTS) is 1. The number of fused-ring (bicyclic) bond motifs is 1. The quantitative estimate of drug-likeness (QED) is 0.811. The van der Waals surface area contributed by atoms with Crippen LogP contribution in [0.2, 0.25) is 0 Å². The van der Waals surface area contributed by atoms with Crippen LogP contribution in [0.1, 0.15) is 17.4 Å². The molecule has 0 unspecified atom stereocenters. The van der Waals surface area contributed by atoms with E-state index in [1.54, 1.807) is 14.0 Å². The van der Waals surface area contributed by atoms with Gasteiger partial charge in [0.2, 0.25) is 11.6 Å². The predicted octanol–water partition coefficient (Wildman–Crippen LogP) is 0.460. The number of aromatic nitrogens is 4. The normalized spacial score (nSPS) is 10.6. The van der Waals surface area contributed by atoms with Gasteiger partial charge in [0.1, 0.15) is 5.52 Å². The van der Waals surface area contributed by atoms with Gasteiger partial charge in [-0.05, 0) is 6.92 Å². The van der Waals surface area contributed by atoms with Crippen LogP contribution in [0.25, 0.3) is 11.2 Å². The van der Waals surface area contributed by atoms with Crippen LogP contribution in [-0.2, 0) is 7.05 Å². The summed E-state index contributed by atoms with van der Waals surface area (Å²) in [6.07, 6.45) is 1.46. The SMILES string of the molecule is CCOc1nc2c(cnn2C)nc1C(=O)O. The molecule has 0 radical (unpaired) electrons. The van der Waals surface area contributed by atoms with Crippen molar-refractivity contribution in [2.75, 3.05) is 6.61 Å². The molecule has 7 nitrogen and oxygen atoms in total. The molecule has 0 fully saturated rings. The Morgan fingerprint density at radius 1 is 1.56 bits per heavy atom. The topological polar surface area (TPSA) is 90.1 Å². The molecular weight excluding hydrogens is 212 g/mol. The monoisotopic (exact) mass is 222 g/mol. The number of carbonyl (C=O) groups is 1. The van der Waals surface area contributed by atoms with Gasteiger partial charge < -0.3 is 9.84 Å². The van der Waals surface area contributed by atoms with Crippen molar-refractivity contribution in [3.63, 3.8) is 0 Å². The van der Waals surface area contributed by atoms with Crippen molar-refractivity contribution < 1.29 is 14.6 Å². The van der Waals surface area contributed by atoms with Crippen LogP contribution in [0.4, 0.5) is 0 Å². The van der Waals surface area contributed by atoms with Crippen LogP contribution in [0.3, 0.4) is 0 Å². The molecule has 7 heteroatoms. The van der Waals surface area contributed by atoms with Crippen molar-refractivity contribution in [2.45, 2.75) is 6.92 Å². The Balaban J connectivity index is 2.67. The third-order valence-corrected chi connectivity index (χ3v) is 2.01. The van der Waals surface area contributed by atoms with Crippen molar-refractivity contribution in [1.82, 2.24) is 19.7 Å². The summed E-state index contributed by atoms with van der Waals surface area (Å²) in [4.78, 5) is 19.0. The number of hydrogen-bond donors (Lipinski definition) is 1. The molecule has 0 saturated heterocycles. The molecule has 0 aliphatic carbocycles. The first-order valence-corrected chi connectivity index (χ1v) is 4.69. The van der Waals surface area contributed by atoms with Crippen molar-refractivity contribution in [3.05, 3.63) is 11.9 Å². The highest BCUT2D eigenvalue weighted by Crippen LogP contribution is 2.18. The van der Waals surface area contributed by atoms with Gasteiger partial charge in [-0.25, -0.2) is 14.5 Å². The predicted molar refractivity (Wildman–Crippen MR) is 54.4 cm³/mol. The minimum absolute atomic E-state index is 0.0195. The van der Waals surface area contributed by atoms with Crippen molar-refractivity contribution in [3.8, 4) is 5.88 Å². The fourth-order valence-corrected chi connectivity index (χ4v) is 1.32. The Morgan fingerprint density at radius 3 is 2.94 bits per heavy atom. The summed E-state index contributed by atoms with van der Waals surface area (Å²) < 4.78 is 6.65. The molecule has 2 rings (SSSR count). The zero-order chi connectivity index (χ0) is 11.7. The molecule has 2 heterocycles. The summed E-state index contributed by atoms with van der Waals surface area (Å²) in [5.41, 5.74) is 0.735. The Kier molecular flexibility index (Phi) is 2.43. The molecule has 0 atom stereocenters. The van der Waals surface area contributed by atoms with Gasteiger partial charge in [-0.2, -0.15) is 10.1 Å². The maximum Gasteiger partial charge on any atom is 0.360 e. The number of carboxylic acids is 1. The fourth-order valence-electron chi connectivity index (χ4n) is 1.32. The van der Waals surface area contributed by atoms with Crippen molar-refractivity contribution >= 4 is 17.1 Å². The second-order valence-corrected chi connectivity index (χ2v) is 3.09. The average molecular weight is 222 g/mol. The molecule has 0 aromatic carbocycles. The third-order valence-electron chi connectivity index (χ3n) is 2.01. The van der Waals surface area contributed by atoms with Crippen LogP contribution < -0.4 is 4.74 Å². The highest BCUT2D eigenvalue weighted by atomic mass is 16.5. The maximum atomic E-state index is 10.9. The molecule has 0 saturated carbocycles. The van der Waals surface area contributed by atoms with E-state index in [4.69, 9.17) is 9.84 Å². The smallest absolute Gasteiger partial charge is 0.360 e. The van der Waals surface area contributed by atoms with E-state index in [-0.39, 0.29) is 11.6 Å². The first-order valence-electron chi connectivity index (χ1n) is 4.69. The number of aryl methyl sites for hydroxylation is 1. The summed E-state index contributed by atoms with van der Waals surface area (Å²) in [6.45, 7) is 2.08. The first-order chi connectivity index (χ1) is 7.63.